The van der Waals surface area contributed by atoms with Gasteiger partial charge in [-0.2, -0.15) is 0 Å². The molecule has 2 heteroatoms. The van der Waals surface area contributed by atoms with Crippen LogP contribution >= 0.6 is 0 Å². The molecule has 14 heavy (non-hydrogen) atoms. The summed E-state index contributed by atoms with van der Waals surface area (Å²) in [6.07, 6.45) is 10.2. The Hall–Kier alpha value is -0.0800. The van der Waals surface area contributed by atoms with Crippen LogP contribution in [0.1, 0.15) is 44.9 Å². The summed E-state index contributed by atoms with van der Waals surface area (Å²) >= 11 is 0. The fourth-order valence-corrected chi connectivity index (χ4v) is 3.65. The summed E-state index contributed by atoms with van der Waals surface area (Å²) in [6.45, 7) is 2.60. The Bertz CT molecular complexity index is 178. The van der Waals surface area contributed by atoms with Crippen molar-refractivity contribution in [3.8, 4) is 0 Å². The van der Waals surface area contributed by atoms with E-state index in [0.29, 0.717) is 0 Å². The van der Waals surface area contributed by atoms with Crippen LogP contribution in [0.2, 0.25) is 0 Å². The molecule has 1 atom stereocenters. The number of piperidine rings is 1. The number of nitrogens with one attached hydrogen (secondary N) is 1. The number of hydrogen-bond acceptors (Lipinski definition) is 2. The van der Waals surface area contributed by atoms with E-state index in [1.807, 2.05) is 0 Å². The first-order valence-electron chi connectivity index (χ1n) is 6.42. The van der Waals surface area contributed by atoms with Gasteiger partial charge in [0, 0.05) is 24.7 Å². The van der Waals surface area contributed by atoms with E-state index in [0.717, 1.165) is 18.1 Å². The molecule has 3 aliphatic heterocycles. The zero-order chi connectivity index (χ0) is 9.38. The Labute approximate surface area is 87.0 Å². The first-order valence-corrected chi connectivity index (χ1v) is 6.42. The Balaban J connectivity index is 1.56. The largest absolute Gasteiger partial charge is 0.313 e. The van der Waals surface area contributed by atoms with E-state index >= 15 is 0 Å². The SMILES string of the molecule is C1CCC(CN2C3CCC2CC3)NC1. The van der Waals surface area contributed by atoms with Crippen molar-refractivity contribution in [1.29, 1.82) is 0 Å². The zero-order valence-corrected chi connectivity index (χ0v) is 9.04. The third-order valence-electron chi connectivity index (χ3n) is 4.45. The molecule has 1 unspecified atom stereocenters. The third kappa shape index (κ3) is 1.59. The van der Waals surface area contributed by atoms with Crippen molar-refractivity contribution in [3.63, 3.8) is 0 Å². The first-order chi connectivity index (χ1) is 6.93. The van der Waals surface area contributed by atoms with Gasteiger partial charge in [0.2, 0.25) is 0 Å². The molecule has 3 heterocycles. The fourth-order valence-electron chi connectivity index (χ4n) is 3.65. The van der Waals surface area contributed by atoms with E-state index in [-0.39, 0.29) is 0 Å². The smallest absolute Gasteiger partial charge is 0.0195 e. The van der Waals surface area contributed by atoms with Gasteiger partial charge in [0.1, 0.15) is 0 Å². The highest BCUT2D eigenvalue weighted by molar-refractivity contribution is 4.96. The Morgan fingerprint density at radius 1 is 0.929 bits per heavy atom. The minimum atomic E-state index is 0.810. The molecule has 2 nitrogen and oxygen atoms in total. The van der Waals surface area contributed by atoms with Gasteiger partial charge in [-0.1, -0.05) is 6.42 Å². The van der Waals surface area contributed by atoms with E-state index in [2.05, 4.69) is 10.2 Å². The second kappa shape index (κ2) is 3.82. The molecular formula is C12H22N2. The lowest BCUT2D eigenvalue weighted by atomic mass is 10.0. The van der Waals surface area contributed by atoms with Gasteiger partial charge in [-0.25, -0.2) is 0 Å². The van der Waals surface area contributed by atoms with E-state index in [1.165, 1.54) is 58.0 Å². The van der Waals surface area contributed by atoms with Crippen molar-refractivity contribution in [3.05, 3.63) is 0 Å². The van der Waals surface area contributed by atoms with E-state index in [9.17, 15) is 0 Å². The number of nitrogens with zero attached hydrogens (tertiary/aromatic N) is 1. The highest BCUT2D eigenvalue weighted by atomic mass is 15.2. The summed E-state index contributed by atoms with van der Waals surface area (Å²) in [5, 5.41) is 3.67. The molecule has 80 valence electrons. The minimum absolute atomic E-state index is 0.810. The van der Waals surface area contributed by atoms with Crippen LogP contribution in [0.4, 0.5) is 0 Å². The van der Waals surface area contributed by atoms with E-state index in [1.54, 1.807) is 0 Å². The van der Waals surface area contributed by atoms with Crippen molar-refractivity contribution in [2.45, 2.75) is 63.1 Å². The highest BCUT2D eigenvalue weighted by Gasteiger charge is 2.39. The van der Waals surface area contributed by atoms with E-state index in [4.69, 9.17) is 0 Å². The minimum Gasteiger partial charge on any atom is -0.313 e. The maximum atomic E-state index is 3.67. The predicted octanol–water partition coefficient (Wildman–Crippen LogP) is 1.76. The third-order valence-corrected chi connectivity index (χ3v) is 4.45. The van der Waals surface area contributed by atoms with Crippen molar-refractivity contribution < 1.29 is 0 Å². The van der Waals surface area contributed by atoms with Gasteiger partial charge in [0.25, 0.3) is 0 Å². The van der Waals surface area contributed by atoms with Crippen LogP contribution < -0.4 is 5.32 Å². The molecule has 3 aliphatic rings. The average molecular weight is 194 g/mol. The Kier molecular flexibility index (Phi) is 2.50. The molecule has 3 saturated heterocycles. The van der Waals surface area contributed by atoms with Crippen molar-refractivity contribution in [2.24, 2.45) is 0 Å². The summed E-state index contributed by atoms with van der Waals surface area (Å²) in [4.78, 5) is 2.81. The lowest BCUT2D eigenvalue weighted by molar-refractivity contribution is 0.207. The fraction of sp³-hybridized carbons (Fsp3) is 1.00. The van der Waals surface area contributed by atoms with Gasteiger partial charge in [-0.05, 0) is 45.1 Å². The van der Waals surface area contributed by atoms with Gasteiger partial charge < -0.3 is 5.32 Å². The average Bonchev–Trinajstić information content (AvgIpc) is 2.80. The molecule has 0 radical (unpaired) electrons. The molecule has 0 aromatic carbocycles. The van der Waals surface area contributed by atoms with Crippen LogP contribution in [0.15, 0.2) is 0 Å². The second-order valence-corrected chi connectivity index (χ2v) is 5.31. The maximum absolute atomic E-state index is 3.67. The van der Waals surface area contributed by atoms with Gasteiger partial charge in [0.05, 0.1) is 0 Å². The molecule has 1 N–H and O–H groups in total. The van der Waals surface area contributed by atoms with Crippen molar-refractivity contribution in [2.75, 3.05) is 13.1 Å². The van der Waals surface area contributed by atoms with Crippen LogP contribution in [0, 0.1) is 0 Å². The zero-order valence-electron chi connectivity index (χ0n) is 9.04. The van der Waals surface area contributed by atoms with Gasteiger partial charge >= 0.3 is 0 Å². The summed E-state index contributed by atoms with van der Waals surface area (Å²) in [7, 11) is 0. The molecule has 0 spiro atoms. The Morgan fingerprint density at radius 3 is 2.21 bits per heavy atom. The highest BCUT2D eigenvalue weighted by Crippen LogP contribution is 2.37. The molecule has 0 aromatic rings. The van der Waals surface area contributed by atoms with Crippen LogP contribution in [0.25, 0.3) is 0 Å². The topological polar surface area (TPSA) is 15.3 Å². The standard InChI is InChI=1S/C12H22N2/c1-2-8-13-10(3-1)9-14-11-4-5-12(14)7-6-11/h10-13H,1-9H2. The monoisotopic (exact) mass is 194 g/mol. The molecule has 2 bridgehead atoms. The normalized spacial score (nSPS) is 43.3. The molecule has 3 fully saturated rings. The van der Waals surface area contributed by atoms with Gasteiger partial charge in [-0.15, -0.1) is 0 Å². The van der Waals surface area contributed by atoms with E-state index < -0.39 is 0 Å². The van der Waals surface area contributed by atoms with Crippen molar-refractivity contribution >= 4 is 0 Å². The molecule has 0 amide bonds. The number of hydrogen-bond donors (Lipinski definition) is 1. The Morgan fingerprint density at radius 2 is 1.64 bits per heavy atom. The van der Waals surface area contributed by atoms with Gasteiger partial charge in [0.15, 0.2) is 0 Å². The summed E-state index contributed by atoms with van der Waals surface area (Å²) < 4.78 is 0. The lowest BCUT2D eigenvalue weighted by Crippen LogP contribution is -2.45. The number of fused-ring (bicyclic) bond motifs is 2. The van der Waals surface area contributed by atoms with Crippen LogP contribution in [-0.2, 0) is 0 Å². The molecule has 3 rings (SSSR count). The lowest BCUT2D eigenvalue weighted by Gasteiger charge is -2.30. The van der Waals surface area contributed by atoms with Crippen LogP contribution in [0.3, 0.4) is 0 Å². The second-order valence-electron chi connectivity index (χ2n) is 5.31. The van der Waals surface area contributed by atoms with Crippen LogP contribution in [0.5, 0.6) is 0 Å². The molecule has 0 aliphatic carbocycles. The molecular weight excluding hydrogens is 172 g/mol. The summed E-state index contributed by atoms with van der Waals surface area (Å²) in [6, 6.07) is 2.73. The summed E-state index contributed by atoms with van der Waals surface area (Å²) in [5.74, 6) is 0. The first kappa shape index (κ1) is 9.17. The molecule has 0 saturated carbocycles. The quantitative estimate of drug-likeness (QED) is 0.720. The predicted molar refractivity (Wildman–Crippen MR) is 58.4 cm³/mol. The maximum Gasteiger partial charge on any atom is 0.0195 e. The number of rotatable bonds is 2. The van der Waals surface area contributed by atoms with Crippen LogP contribution in [-0.4, -0.2) is 36.1 Å². The molecule has 0 aromatic heterocycles. The van der Waals surface area contributed by atoms with Gasteiger partial charge in [-0.3, -0.25) is 4.90 Å². The summed E-state index contributed by atoms with van der Waals surface area (Å²) in [5.41, 5.74) is 0. The van der Waals surface area contributed by atoms with Crippen molar-refractivity contribution in [1.82, 2.24) is 10.2 Å².